The zero-order chi connectivity index (χ0) is 14.8. The highest BCUT2D eigenvalue weighted by atomic mass is 16.3. The molecule has 0 atom stereocenters. The van der Waals surface area contributed by atoms with Crippen LogP contribution in [0.5, 0.6) is 5.75 Å². The van der Waals surface area contributed by atoms with Gasteiger partial charge in [0.05, 0.1) is 5.60 Å². The second-order valence-corrected chi connectivity index (χ2v) is 7.12. The Morgan fingerprint density at radius 1 is 1.15 bits per heavy atom. The number of aliphatic hydroxyl groups is 1. The largest absolute Gasteiger partial charge is 0.508 e. The van der Waals surface area contributed by atoms with E-state index in [0.29, 0.717) is 24.3 Å². The fourth-order valence-electron chi connectivity index (χ4n) is 2.85. The Bertz CT molecular complexity index is 458. The Labute approximate surface area is 122 Å². The molecule has 0 heterocycles. The number of phenols is 1. The second-order valence-electron chi connectivity index (χ2n) is 7.12. The van der Waals surface area contributed by atoms with Gasteiger partial charge in [-0.05, 0) is 44.1 Å². The zero-order valence-electron chi connectivity index (χ0n) is 12.9. The Morgan fingerprint density at radius 3 is 2.45 bits per heavy atom. The van der Waals surface area contributed by atoms with Gasteiger partial charge < -0.3 is 15.5 Å². The maximum atomic E-state index is 10.6. The van der Waals surface area contributed by atoms with Crippen molar-refractivity contribution in [1.82, 2.24) is 5.32 Å². The van der Waals surface area contributed by atoms with E-state index in [1.54, 1.807) is 6.07 Å². The van der Waals surface area contributed by atoms with Crippen molar-refractivity contribution in [3.05, 3.63) is 29.3 Å². The van der Waals surface area contributed by atoms with E-state index in [1.807, 2.05) is 19.1 Å². The summed E-state index contributed by atoms with van der Waals surface area (Å²) in [5.41, 5.74) is 1.80. The lowest BCUT2D eigenvalue weighted by Crippen LogP contribution is -2.44. The molecule has 1 aliphatic carbocycles. The third kappa shape index (κ3) is 3.97. The average Bonchev–Trinajstić information content (AvgIpc) is 2.38. The van der Waals surface area contributed by atoms with Gasteiger partial charge in [-0.2, -0.15) is 0 Å². The quantitative estimate of drug-likeness (QED) is 0.792. The van der Waals surface area contributed by atoms with E-state index in [-0.39, 0.29) is 0 Å². The number of hydrogen-bond acceptors (Lipinski definition) is 3. The number of phenolic OH excluding ortho intramolecular Hbond substituents is 1. The third-order valence-electron chi connectivity index (χ3n) is 4.54. The first-order valence-corrected chi connectivity index (χ1v) is 7.51. The van der Waals surface area contributed by atoms with Gasteiger partial charge in [0.1, 0.15) is 5.75 Å². The molecule has 2 rings (SSSR count). The first-order chi connectivity index (χ1) is 9.30. The number of hydrogen-bond donors (Lipinski definition) is 3. The van der Waals surface area contributed by atoms with Crippen LogP contribution in [0.15, 0.2) is 18.2 Å². The average molecular weight is 277 g/mol. The molecule has 1 aliphatic rings. The van der Waals surface area contributed by atoms with Gasteiger partial charge in [-0.15, -0.1) is 0 Å². The molecule has 0 spiro atoms. The molecule has 1 aromatic carbocycles. The fraction of sp³-hybridized carbons (Fsp3) is 0.647. The first kappa shape index (κ1) is 15.3. The minimum atomic E-state index is -0.588. The van der Waals surface area contributed by atoms with Gasteiger partial charge in [0.15, 0.2) is 0 Å². The Hall–Kier alpha value is -1.06. The van der Waals surface area contributed by atoms with Crippen LogP contribution in [0.2, 0.25) is 0 Å². The smallest absolute Gasteiger partial charge is 0.120 e. The minimum absolute atomic E-state index is 0.319. The van der Waals surface area contributed by atoms with E-state index in [1.165, 1.54) is 0 Å². The number of nitrogens with one attached hydrogen (secondary N) is 1. The molecule has 1 aromatic rings. The van der Waals surface area contributed by atoms with Crippen LogP contribution in [0.25, 0.3) is 0 Å². The van der Waals surface area contributed by atoms with Crippen LogP contribution in [0.3, 0.4) is 0 Å². The molecule has 1 fully saturated rings. The van der Waals surface area contributed by atoms with Crippen LogP contribution in [0, 0.1) is 12.3 Å². The summed E-state index contributed by atoms with van der Waals surface area (Å²) in [6.45, 7) is 7.74. The van der Waals surface area contributed by atoms with Gasteiger partial charge in [0.25, 0.3) is 0 Å². The zero-order valence-corrected chi connectivity index (χ0v) is 12.9. The number of aryl methyl sites for hydroxylation is 1. The van der Waals surface area contributed by atoms with Gasteiger partial charge in [-0.25, -0.2) is 0 Å². The summed E-state index contributed by atoms with van der Waals surface area (Å²) in [5.74, 6) is 0.319. The van der Waals surface area contributed by atoms with Crippen LogP contribution < -0.4 is 5.32 Å². The highest BCUT2D eigenvalue weighted by Gasteiger charge is 2.36. The maximum Gasteiger partial charge on any atom is 0.120 e. The van der Waals surface area contributed by atoms with Crippen LogP contribution in [0.4, 0.5) is 0 Å². The summed E-state index contributed by atoms with van der Waals surface area (Å²) in [6, 6.07) is 5.61. The molecule has 0 saturated heterocycles. The van der Waals surface area contributed by atoms with Crippen molar-refractivity contribution < 1.29 is 10.2 Å². The summed E-state index contributed by atoms with van der Waals surface area (Å²) in [4.78, 5) is 0. The molecule has 0 aliphatic heterocycles. The van der Waals surface area contributed by atoms with Crippen molar-refractivity contribution in [1.29, 1.82) is 0 Å². The van der Waals surface area contributed by atoms with E-state index >= 15 is 0 Å². The first-order valence-electron chi connectivity index (χ1n) is 7.51. The summed E-state index contributed by atoms with van der Waals surface area (Å²) < 4.78 is 0. The maximum absolute atomic E-state index is 10.6. The van der Waals surface area contributed by atoms with Crippen molar-refractivity contribution in [3.63, 3.8) is 0 Å². The lowest BCUT2D eigenvalue weighted by atomic mass is 9.71. The molecule has 1 saturated carbocycles. The Balaban J connectivity index is 1.85. The van der Waals surface area contributed by atoms with Crippen LogP contribution in [-0.2, 0) is 6.54 Å². The number of aromatic hydroxyl groups is 1. The van der Waals surface area contributed by atoms with Crippen LogP contribution in [-0.4, -0.2) is 22.4 Å². The predicted molar refractivity (Wildman–Crippen MR) is 81.7 cm³/mol. The van der Waals surface area contributed by atoms with E-state index in [0.717, 1.165) is 36.8 Å². The van der Waals surface area contributed by atoms with Gasteiger partial charge in [-0.1, -0.05) is 31.5 Å². The highest BCUT2D eigenvalue weighted by molar-refractivity contribution is 5.35. The molecule has 20 heavy (non-hydrogen) atoms. The second kappa shape index (κ2) is 5.74. The predicted octanol–water partition coefficient (Wildman–Crippen LogP) is 3.12. The summed E-state index contributed by atoms with van der Waals surface area (Å²) >= 11 is 0. The van der Waals surface area contributed by atoms with Crippen molar-refractivity contribution in [3.8, 4) is 5.75 Å². The molecule has 0 amide bonds. The molecule has 0 bridgehead atoms. The van der Waals surface area contributed by atoms with Crippen LogP contribution in [0.1, 0.15) is 50.7 Å². The standard InChI is InChI=1S/C17H27NO2/c1-13-4-5-15(19)14(10-13)11-18-12-17(20)8-6-16(2,3)7-9-17/h4-5,10,18-20H,6-9,11-12H2,1-3H3. The topological polar surface area (TPSA) is 52.5 Å². The van der Waals surface area contributed by atoms with E-state index < -0.39 is 5.60 Å². The van der Waals surface area contributed by atoms with Gasteiger partial charge in [0.2, 0.25) is 0 Å². The molecular weight excluding hydrogens is 250 g/mol. The highest BCUT2D eigenvalue weighted by Crippen LogP contribution is 2.39. The van der Waals surface area contributed by atoms with Crippen molar-refractivity contribution in [2.45, 2.75) is 58.6 Å². The third-order valence-corrected chi connectivity index (χ3v) is 4.54. The molecule has 112 valence electrons. The van der Waals surface area contributed by atoms with Crippen molar-refractivity contribution in [2.24, 2.45) is 5.41 Å². The molecule has 0 radical (unpaired) electrons. The number of rotatable bonds is 4. The van der Waals surface area contributed by atoms with Crippen molar-refractivity contribution in [2.75, 3.05) is 6.54 Å². The molecule has 3 N–H and O–H groups in total. The molecule has 0 unspecified atom stereocenters. The van der Waals surface area contributed by atoms with E-state index in [9.17, 15) is 10.2 Å². The minimum Gasteiger partial charge on any atom is -0.508 e. The molecule has 3 nitrogen and oxygen atoms in total. The Kier molecular flexibility index (Phi) is 4.40. The van der Waals surface area contributed by atoms with E-state index in [4.69, 9.17) is 0 Å². The summed E-state index contributed by atoms with van der Waals surface area (Å²) in [6.07, 6.45) is 3.85. The monoisotopic (exact) mass is 277 g/mol. The molecular formula is C17H27NO2. The SMILES string of the molecule is Cc1ccc(O)c(CNCC2(O)CCC(C)(C)CC2)c1. The fourth-order valence-corrected chi connectivity index (χ4v) is 2.85. The Morgan fingerprint density at radius 2 is 1.80 bits per heavy atom. The molecule has 0 aromatic heterocycles. The van der Waals surface area contributed by atoms with Crippen LogP contribution >= 0.6 is 0 Å². The van der Waals surface area contributed by atoms with Gasteiger partial charge >= 0.3 is 0 Å². The normalized spacial score (nSPS) is 20.8. The number of benzene rings is 1. The summed E-state index contributed by atoms with van der Waals surface area (Å²) in [5, 5.41) is 23.7. The lowest BCUT2D eigenvalue weighted by Gasteiger charge is -2.40. The van der Waals surface area contributed by atoms with Gasteiger partial charge in [0, 0.05) is 18.7 Å². The van der Waals surface area contributed by atoms with E-state index in [2.05, 4.69) is 19.2 Å². The van der Waals surface area contributed by atoms with Gasteiger partial charge in [-0.3, -0.25) is 0 Å². The van der Waals surface area contributed by atoms with Crippen molar-refractivity contribution >= 4 is 0 Å². The lowest BCUT2D eigenvalue weighted by molar-refractivity contribution is -0.0245. The summed E-state index contributed by atoms with van der Waals surface area (Å²) in [7, 11) is 0. The molecule has 3 heteroatoms.